The van der Waals surface area contributed by atoms with Gasteiger partial charge in [0.05, 0.1) is 24.4 Å². The molecule has 0 amide bonds. The van der Waals surface area contributed by atoms with E-state index in [0.29, 0.717) is 73.7 Å². The van der Waals surface area contributed by atoms with E-state index in [2.05, 4.69) is 78.2 Å². The van der Waals surface area contributed by atoms with Crippen molar-refractivity contribution < 1.29 is 53.8 Å². The van der Waals surface area contributed by atoms with Crippen LogP contribution in [0.2, 0.25) is 0 Å². The van der Waals surface area contributed by atoms with E-state index in [9.17, 15) is 30.0 Å². The van der Waals surface area contributed by atoms with Crippen LogP contribution in [0.4, 0.5) is 0 Å². The van der Waals surface area contributed by atoms with Crippen molar-refractivity contribution in [2.75, 3.05) is 39.3 Å². The van der Waals surface area contributed by atoms with Crippen molar-refractivity contribution in [3.8, 4) is 0 Å². The number of nitrogens with one attached hydrogen (secondary N) is 2. The van der Waals surface area contributed by atoms with Crippen LogP contribution in [0.15, 0.2) is 45.6 Å². The molecule has 0 bridgehead atoms. The second-order valence-corrected chi connectivity index (χ2v) is 30.5. The van der Waals surface area contributed by atoms with Crippen molar-refractivity contribution in [3.63, 3.8) is 0 Å². The molecule has 8 rings (SSSR count). The number of nitrogens with two attached hydrogens (primary N) is 2. The number of carbonyl (C=O) groups excluding carboxylic acids is 4. The van der Waals surface area contributed by atoms with Gasteiger partial charge in [-0.05, 0) is 280 Å². The number of aliphatic hydroxyl groups is 4. The first kappa shape index (κ1) is 70.2. The lowest BCUT2D eigenvalue weighted by Gasteiger charge is -2.69. The van der Waals surface area contributed by atoms with Gasteiger partial charge in [-0.2, -0.15) is 0 Å². The van der Waals surface area contributed by atoms with Gasteiger partial charge in [0.25, 0.3) is 0 Å². The number of fused-ring (bicyclic) bond motifs is 10. The highest BCUT2D eigenvalue weighted by atomic mass is 16.6. The second-order valence-electron chi connectivity index (χ2n) is 30.5. The maximum atomic E-state index is 15.5. The highest BCUT2D eigenvalue weighted by Gasteiger charge is 2.73. The van der Waals surface area contributed by atoms with Crippen LogP contribution in [0.25, 0.3) is 0 Å². The number of allylic oxidation sites excluding steroid dienone is 4. The summed E-state index contributed by atoms with van der Waals surface area (Å²) in [5, 5.41) is 54.1. The van der Waals surface area contributed by atoms with Gasteiger partial charge in [-0.3, -0.25) is 9.59 Å². The molecule has 8 aliphatic rings. The number of carbonyl (C=O) groups is 4. The Labute approximate surface area is 517 Å². The van der Waals surface area contributed by atoms with E-state index in [1.807, 2.05) is 27.7 Å². The lowest BCUT2D eigenvalue weighted by Crippen LogP contribution is -2.65. The monoisotopic (exact) mass is 1200 g/mol. The Morgan fingerprint density at radius 2 is 0.884 bits per heavy atom. The van der Waals surface area contributed by atoms with Crippen LogP contribution in [-0.4, -0.2) is 120 Å². The topological polar surface area (TPSA) is 253 Å². The SMILES string of the molecule is CC(=O)O[C@H]1C[C@@]2(C)[C@H](C[C@@H](O)C3[C@@]4(C)CC[C@@H](O)[C@@H](C)C4CC[C@@]32C)C1=C(CCC=C(C)C)C(=O)OC(=O)C(CCC=C(C)C)=C1[C@@H](OC(C)=O)C[C@@]2(C)[C@@H]1C[C@@H](O)[C@@H]1[C@@]3(C)CC[C@@H](O)[C@@H](C)C3CC[C@@]12C.NCCCNCCCNCCCN. The van der Waals surface area contributed by atoms with E-state index in [1.54, 1.807) is 0 Å². The van der Waals surface area contributed by atoms with E-state index in [4.69, 9.17) is 25.7 Å². The van der Waals surface area contributed by atoms with Crippen molar-refractivity contribution in [1.82, 2.24) is 10.6 Å². The molecule has 0 saturated heterocycles. The molecule has 0 radical (unpaired) electrons. The van der Waals surface area contributed by atoms with Crippen LogP contribution in [-0.2, 0) is 33.4 Å². The maximum absolute atomic E-state index is 15.5. The Balaban J connectivity index is 0.000000727. The van der Waals surface area contributed by atoms with Gasteiger partial charge < -0.3 is 56.7 Å². The van der Waals surface area contributed by atoms with Gasteiger partial charge in [0.1, 0.15) is 12.2 Å². The third-order valence-electron chi connectivity index (χ3n) is 25.1. The minimum absolute atomic E-state index is 0.0833. The van der Waals surface area contributed by atoms with E-state index in [-0.39, 0.29) is 83.2 Å². The zero-order valence-electron chi connectivity index (χ0n) is 55.7. The standard InChI is InChI=1S/C62H94O11.C9H24N4/c1-33(2)17-15-19-39(51-43-29-47(67)53-57(9)25-23-45(65)35(5)41(57)21-27-59(53,11)61(43,13)31-49(51)71-37(7)63)55(69)73-56(70)40(20-16-18-34(3)4)52-44-30-48(68)54-58(10)26-24-46(66)36(6)42(58)22-28-60(54,12)62(44,14)32-50(52)72-38(8)64;10-4-1-6-12-8-3-9-13-7-2-5-11/h17-18,35-36,41-50,53-54,65-68H,15-16,19-32H2,1-14H3;12-13H,1-11H2/t35-,36-,41?,42?,43+,44+,45+,46+,47+,48+,49-,50-,53+,54?,57-,58-,59-,60-,61-,62-;/m0./s1. The molecule has 0 aliphatic heterocycles. The van der Waals surface area contributed by atoms with Crippen molar-refractivity contribution in [3.05, 3.63) is 45.6 Å². The number of ether oxygens (including phenoxy) is 3. The molecule has 3 unspecified atom stereocenters. The fourth-order valence-corrected chi connectivity index (χ4v) is 20.8. The van der Waals surface area contributed by atoms with E-state index < -0.39 is 70.0 Å². The van der Waals surface area contributed by atoms with Gasteiger partial charge >= 0.3 is 23.9 Å². The molecule has 0 aromatic carbocycles. The Bertz CT molecular complexity index is 2370. The molecule has 0 aromatic heterocycles. The van der Waals surface area contributed by atoms with Gasteiger partial charge in [-0.25, -0.2) is 9.59 Å². The van der Waals surface area contributed by atoms with Gasteiger partial charge in [0, 0.05) is 25.0 Å². The zero-order chi connectivity index (χ0) is 63.5. The largest absolute Gasteiger partial charge is 0.458 e. The number of rotatable bonds is 20. The summed E-state index contributed by atoms with van der Waals surface area (Å²) in [4.78, 5) is 57.3. The van der Waals surface area contributed by atoms with Crippen molar-refractivity contribution in [2.24, 2.45) is 91.3 Å². The first-order valence-corrected chi connectivity index (χ1v) is 33.8. The summed E-state index contributed by atoms with van der Waals surface area (Å²) in [6.07, 6.45) is 13.2. The van der Waals surface area contributed by atoms with E-state index in [1.165, 1.54) is 20.3 Å². The number of esters is 4. The first-order valence-electron chi connectivity index (χ1n) is 33.8. The van der Waals surface area contributed by atoms with E-state index in [0.717, 1.165) is 102 Å². The van der Waals surface area contributed by atoms with E-state index >= 15 is 9.59 Å². The van der Waals surface area contributed by atoms with Gasteiger partial charge in [0.2, 0.25) is 0 Å². The lowest BCUT2D eigenvalue weighted by molar-refractivity contribution is -0.234. The Morgan fingerprint density at radius 3 is 1.22 bits per heavy atom. The third-order valence-corrected chi connectivity index (χ3v) is 25.1. The maximum Gasteiger partial charge on any atom is 0.342 e. The van der Waals surface area contributed by atoms with Gasteiger partial charge in [-0.1, -0.05) is 78.7 Å². The summed E-state index contributed by atoms with van der Waals surface area (Å²) in [5.74, 6) is -2.69. The summed E-state index contributed by atoms with van der Waals surface area (Å²) >= 11 is 0. The van der Waals surface area contributed by atoms with Crippen LogP contribution in [0.1, 0.15) is 219 Å². The minimum Gasteiger partial charge on any atom is -0.458 e. The van der Waals surface area contributed by atoms with Crippen molar-refractivity contribution >= 4 is 23.9 Å². The fourth-order valence-electron chi connectivity index (χ4n) is 20.8. The molecule has 10 N–H and O–H groups in total. The molecular formula is C71H118N4O11. The van der Waals surface area contributed by atoms with Gasteiger partial charge in [-0.15, -0.1) is 0 Å². The summed E-state index contributed by atoms with van der Waals surface area (Å²) in [5.41, 5.74) is 12.5. The van der Waals surface area contributed by atoms with Crippen LogP contribution in [0, 0.1) is 79.8 Å². The smallest absolute Gasteiger partial charge is 0.342 e. The summed E-state index contributed by atoms with van der Waals surface area (Å²) in [7, 11) is 0. The quantitative estimate of drug-likeness (QED) is 0.0141. The number of hydrogen-bond donors (Lipinski definition) is 8. The normalized spacial score (nSPS) is 41.4. The highest BCUT2D eigenvalue weighted by Crippen LogP contribution is 2.76. The Morgan fingerprint density at radius 1 is 0.523 bits per heavy atom. The highest BCUT2D eigenvalue weighted by molar-refractivity contribution is 6.03. The number of aliphatic hydroxyl groups excluding tert-OH is 4. The van der Waals surface area contributed by atoms with Crippen molar-refractivity contribution in [1.29, 1.82) is 0 Å². The fraction of sp³-hybridized carbons (Fsp3) is 0.831. The molecule has 86 heavy (non-hydrogen) atoms. The molecule has 0 aromatic rings. The molecule has 8 fully saturated rings. The molecular weight excluding hydrogens is 1080 g/mol. The molecule has 15 nitrogen and oxygen atoms in total. The number of hydrogen-bond acceptors (Lipinski definition) is 15. The first-order chi connectivity index (χ1) is 40.4. The minimum atomic E-state index is -0.795. The molecule has 20 atom stereocenters. The van der Waals surface area contributed by atoms with Crippen LogP contribution in [0.3, 0.4) is 0 Å². The summed E-state index contributed by atoms with van der Waals surface area (Å²) in [6.45, 7) is 34.7. The van der Waals surface area contributed by atoms with Crippen molar-refractivity contribution in [2.45, 2.75) is 256 Å². The molecule has 15 heteroatoms. The average molecular weight is 1200 g/mol. The molecule has 0 spiro atoms. The molecule has 488 valence electrons. The predicted octanol–water partition coefficient (Wildman–Crippen LogP) is 10.5. The zero-order valence-corrected chi connectivity index (χ0v) is 55.7. The lowest BCUT2D eigenvalue weighted by atomic mass is 9.36. The third kappa shape index (κ3) is 13.5. The summed E-state index contributed by atoms with van der Waals surface area (Å²) < 4.78 is 18.9. The molecule has 8 aliphatic carbocycles. The van der Waals surface area contributed by atoms with Crippen LogP contribution < -0.4 is 22.1 Å². The predicted molar refractivity (Wildman–Crippen MR) is 339 cm³/mol. The van der Waals surface area contributed by atoms with Gasteiger partial charge in [0.15, 0.2) is 0 Å². The summed E-state index contributed by atoms with van der Waals surface area (Å²) in [6, 6.07) is 0. The molecule has 0 heterocycles. The average Bonchev–Trinajstić information content (AvgIpc) is 1.29. The van der Waals surface area contributed by atoms with Crippen LogP contribution >= 0.6 is 0 Å². The second kappa shape index (κ2) is 28.5. The molecule has 8 saturated carbocycles. The Hall–Kier alpha value is -3.28. The van der Waals surface area contributed by atoms with Crippen LogP contribution in [0.5, 0.6) is 0 Å². The Kier molecular flexibility index (Phi) is 23.2.